The third-order valence-corrected chi connectivity index (χ3v) is 1.85. The van der Waals surface area contributed by atoms with Crippen LogP contribution in [0, 0.1) is 11.3 Å². The normalized spacial score (nSPS) is 14.1. The molecule has 0 aromatic rings. The summed E-state index contributed by atoms with van der Waals surface area (Å²) in [6, 6.07) is 0. The summed E-state index contributed by atoms with van der Waals surface area (Å²) < 4.78 is 0. The van der Waals surface area contributed by atoms with E-state index in [1.165, 1.54) is 7.05 Å². The lowest BCUT2D eigenvalue weighted by atomic mass is 10.0. The number of carbonyl (C=O) groups is 1. The zero-order valence-corrected chi connectivity index (χ0v) is 7.85. The Hall–Kier alpha value is -0.900. The van der Waals surface area contributed by atoms with Crippen LogP contribution in [0.25, 0.3) is 0 Å². The number of hydrogen-bond acceptors (Lipinski definition) is 3. The number of nitrogens with zero attached hydrogens (tertiary/aromatic N) is 1. The number of hydrogen-bond donors (Lipinski definition) is 2. The first-order valence-electron chi connectivity index (χ1n) is 3.53. The lowest BCUT2D eigenvalue weighted by molar-refractivity contribution is -0.118. The van der Waals surface area contributed by atoms with E-state index in [0.717, 1.165) is 0 Å². The van der Waals surface area contributed by atoms with Gasteiger partial charge >= 0.3 is 0 Å². The van der Waals surface area contributed by atoms with Crippen LogP contribution in [-0.4, -0.2) is 23.8 Å². The van der Waals surface area contributed by atoms with E-state index < -0.39 is 11.8 Å². The predicted molar refractivity (Wildman–Crippen MR) is 49.9 cm³/mol. The molecule has 0 heterocycles. The molecule has 0 aliphatic rings. The SMILES string of the molecule is CCC(=N)C(C(N)=O)C(Cl)=NC. The third kappa shape index (κ3) is 2.62. The number of nitrogens with one attached hydrogen (secondary N) is 1. The van der Waals surface area contributed by atoms with Crippen molar-refractivity contribution < 1.29 is 4.79 Å². The summed E-state index contributed by atoms with van der Waals surface area (Å²) in [7, 11) is 1.46. The van der Waals surface area contributed by atoms with Crippen molar-refractivity contribution in [1.29, 1.82) is 5.41 Å². The second-order valence-electron chi connectivity index (χ2n) is 2.26. The molecule has 0 saturated carbocycles. The Morgan fingerprint density at radius 3 is 2.50 bits per heavy atom. The molecule has 1 amide bonds. The van der Waals surface area contributed by atoms with Crippen molar-refractivity contribution in [3.05, 3.63) is 0 Å². The largest absolute Gasteiger partial charge is 0.369 e. The highest BCUT2D eigenvalue weighted by Gasteiger charge is 2.23. The Labute approximate surface area is 76.3 Å². The van der Waals surface area contributed by atoms with Crippen molar-refractivity contribution in [3.63, 3.8) is 0 Å². The van der Waals surface area contributed by atoms with E-state index in [-0.39, 0.29) is 10.9 Å². The zero-order chi connectivity index (χ0) is 9.72. The molecule has 4 nitrogen and oxygen atoms in total. The fourth-order valence-corrected chi connectivity index (χ4v) is 1.01. The lowest BCUT2D eigenvalue weighted by Gasteiger charge is -2.10. The van der Waals surface area contributed by atoms with Crippen molar-refractivity contribution >= 4 is 28.4 Å². The van der Waals surface area contributed by atoms with E-state index in [2.05, 4.69) is 4.99 Å². The minimum Gasteiger partial charge on any atom is -0.369 e. The predicted octanol–water partition coefficient (Wildman–Crippen LogP) is 0.785. The van der Waals surface area contributed by atoms with E-state index in [9.17, 15) is 4.79 Å². The second kappa shape index (κ2) is 4.87. The number of aliphatic imine (C=N–C) groups is 1. The molecular weight excluding hydrogens is 178 g/mol. The second-order valence-corrected chi connectivity index (χ2v) is 2.65. The van der Waals surface area contributed by atoms with Gasteiger partial charge in [-0.15, -0.1) is 0 Å². The number of primary amides is 1. The minimum absolute atomic E-state index is 0.0781. The van der Waals surface area contributed by atoms with E-state index in [1.54, 1.807) is 6.92 Å². The van der Waals surface area contributed by atoms with Gasteiger partial charge in [0.25, 0.3) is 0 Å². The molecular formula is C7H12ClN3O. The molecule has 0 rings (SSSR count). The molecule has 5 heteroatoms. The van der Waals surface area contributed by atoms with Gasteiger partial charge in [0.2, 0.25) is 5.91 Å². The zero-order valence-electron chi connectivity index (χ0n) is 7.10. The maximum atomic E-state index is 10.8. The van der Waals surface area contributed by atoms with Gasteiger partial charge < -0.3 is 11.1 Å². The van der Waals surface area contributed by atoms with Crippen LogP contribution < -0.4 is 5.73 Å². The van der Waals surface area contributed by atoms with Crippen molar-refractivity contribution in [2.75, 3.05) is 7.05 Å². The van der Waals surface area contributed by atoms with Crippen LogP contribution in [0.3, 0.4) is 0 Å². The topological polar surface area (TPSA) is 79.3 Å². The molecule has 12 heavy (non-hydrogen) atoms. The van der Waals surface area contributed by atoms with Gasteiger partial charge in [0, 0.05) is 12.8 Å². The Kier molecular flexibility index (Phi) is 4.51. The lowest BCUT2D eigenvalue weighted by Crippen LogP contribution is -2.34. The van der Waals surface area contributed by atoms with Gasteiger partial charge in [0.15, 0.2) is 0 Å². The van der Waals surface area contributed by atoms with Crippen molar-refractivity contribution in [1.82, 2.24) is 0 Å². The fraction of sp³-hybridized carbons (Fsp3) is 0.571. The van der Waals surface area contributed by atoms with Gasteiger partial charge in [-0.25, -0.2) is 0 Å². The first-order chi connectivity index (χ1) is 5.54. The van der Waals surface area contributed by atoms with Crippen LogP contribution in [0.5, 0.6) is 0 Å². The van der Waals surface area contributed by atoms with Gasteiger partial charge in [-0.1, -0.05) is 18.5 Å². The molecule has 3 N–H and O–H groups in total. The summed E-state index contributed by atoms with van der Waals surface area (Å²) in [5.41, 5.74) is 5.24. The summed E-state index contributed by atoms with van der Waals surface area (Å²) in [6.07, 6.45) is 0.444. The van der Waals surface area contributed by atoms with E-state index in [4.69, 9.17) is 22.7 Å². The van der Waals surface area contributed by atoms with Crippen LogP contribution in [0.1, 0.15) is 13.3 Å². The molecule has 0 saturated heterocycles. The highest BCUT2D eigenvalue weighted by molar-refractivity contribution is 6.69. The average Bonchev–Trinajstić information content (AvgIpc) is 2.03. The monoisotopic (exact) mass is 189 g/mol. The number of amides is 1. The average molecular weight is 190 g/mol. The van der Waals surface area contributed by atoms with Gasteiger partial charge in [-0.2, -0.15) is 0 Å². The van der Waals surface area contributed by atoms with Crippen LogP contribution in [0.2, 0.25) is 0 Å². The van der Waals surface area contributed by atoms with Crippen molar-refractivity contribution in [2.45, 2.75) is 13.3 Å². The molecule has 0 aliphatic heterocycles. The Balaban J connectivity index is 4.67. The maximum Gasteiger partial charge on any atom is 0.233 e. The summed E-state index contributed by atoms with van der Waals surface area (Å²) in [6.45, 7) is 1.76. The number of halogens is 1. The van der Waals surface area contributed by atoms with Crippen LogP contribution >= 0.6 is 11.6 Å². The van der Waals surface area contributed by atoms with Crippen LogP contribution in [-0.2, 0) is 4.79 Å². The Bertz CT molecular complexity index is 225. The van der Waals surface area contributed by atoms with E-state index in [1.807, 2.05) is 0 Å². The molecule has 68 valence electrons. The van der Waals surface area contributed by atoms with Crippen LogP contribution in [0.4, 0.5) is 0 Å². The van der Waals surface area contributed by atoms with Gasteiger partial charge in [-0.05, 0) is 6.42 Å². The van der Waals surface area contributed by atoms with Gasteiger partial charge in [-0.3, -0.25) is 9.79 Å². The summed E-state index contributed by atoms with van der Waals surface area (Å²) >= 11 is 5.61. The van der Waals surface area contributed by atoms with Gasteiger partial charge in [0.05, 0.1) is 0 Å². The smallest absolute Gasteiger partial charge is 0.233 e. The molecule has 0 radical (unpaired) electrons. The standard InChI is InChI=1S/C7H12ClN3O/c1-3-4(9)5(7(10)12)6(8)11-2/h5,9H,3H2,1-2H3,(H2,10,12). The molecule has 0 aromatic carbocycles. The third-order valence-electron chi connectivity index (χ3n) is 1.47. The molecule has 0 spiro atoms. The molecule has 0 aromatic heterocycles. The summed E-state index contributed by atoms with van der Waals surface area (Å²) in [5, 5.41) is 7.47. The maximum absolute atomic E-state index is 10.8. The van der Waals surface area contributed by atoms with Crippen molar-refractivity contribution in [3.8, 4) is 0 Å². The van der Waals surface area contributed by atoms with Gasteiger partial charge in [0.1, 0.15) is 11.1 Å². The fourth-order valence-electron chi connectivity index (χ4n) is 0.766. The quantitative estimate of drug-likeness (QED) is 0.630. The van der Waals surface area contributed by atoms with Crippen LogP contribution in [0.15, 0.2) is 4.99 Å². The molecule has 1 unspecified atom stereocenters. The molecule has 0 aliphatic carbocycles. The minimum atomic E-state index is -0.846. The Morgan fingerprint density at radius 1 is 1.75 bits per heavy atom. The van der Waals surface area contributed by atoms with E-state index in [0.29, 0.717) is 6.42 Å². The first kappa shape index (κ1) is 11.1. The number of rotatable bonds is 4. The van der Waals surface area contributed by atoms with Crippen molar-refractivity contribution in [2.24, 2.45) is 16.6 Å². The molecule has 1 atom stereocenters. The Morgan fingerprint density at radius 2 is 2.25 bits per heavy atom. The number of nitrogens with two attached hydrogens (primary N) is 1. The summed E-state index contributed by atoms with van der Waals surface area (Å²) in [5.74, 6) is -1.47. The summed E-state index contributed by atoms with van der Waals surface area (Å²) in [4.78, 5) is 14.4. The molecule has 0 bridgehead atoms. The number of carbonyl (C=O) groups excluding carboxylic acids is 1. The molecule has 0 fully saturated rings. The highest BCUT2D eigenvalue weighted by Crippen LogP contribution is 2.07. The first-order valence-corrected chi connectivity index (χ1v) is 3.91. The highest BCUT2D eigenvalue weighted by atomic mass is 35.5. The van der Waals surface area contributed by atoms with E-state index >= 15 is 0 Å².